The van der Waals surface area contributed by atoms with Crippen molar-refractivity contribution in [2.75, 3.05) is 21.3 Å². The fraction of sp³-hybridized carbons (Fsp3) is 0.400. The normalized spacial score (nSPS) is 11.7. The molecule has 2 bridgehead atoms. The van der Waals surface area contributed by atoms with Gasteiger partial charge in [0, 0.05) is 0 Å². The van der Waals surface area contributed by atoms with Crippen molar-refractivity contribution in [2.24, 2.45) is 0 Å². The zero-order valence-corrected chi connectivity index (χ0v) is 8.69. The van der Waals surface area contributed by atoms with Gasteiger partial charge in [-0.25, -0.2) is 0 Å². The van der Waals surface area contributed by atoms with Gasteiger partial charge in [0.25, 0.3) is 0 Å². The standard InChI is InChI=1S/C7H6.C3H9NO3/c1-2-6-4-7(3-1)5-6;1-5-4(6-2)7-3/h1-4H,5H2;1-3H3. The van der Waals surface area contributed by atoms with Gasteiger partial charge in [-0.3, -0.25) is 14.5 Å². The van der Waals surface area contributed by atoms with Crippen LogP contribution < -0.4 is 0 Å². The van der Waals surface area contributed by atoms with Gasteiger partial charge in [-0.2, -0.15) is 0 Å². The average Bonchev–Trinajstić information content (AvgIpc) is 2.22. The average molecular weight is 197 g/mol. The maximum Gasteiger partial charge on any atom is 0.0758 e. The number of hydrogen-bond acceptors (Lipinski definition) is 4. The molecular formula is C10H15NO3. The Labute approximate surface area is 83.9 Å². The van der Waals surface area contributed by atoms with E-state index in [4.69, 9.17) is 0 Å². The highest BCUT2D eigenvalue weighted by Crippen LogP contribution is 2.18. The first kappa shape index (κ1) is 11.1. The van der Waals surface area contributed by atoms with Crippen LogP contribution in [0.25, 0.3) is 0 Å². The molecule has 78 valence electrons. The van der Waals surface area contributed by atoms with Gasteiger partial charge < -0.3 is 0 Å². The van der Waals surface area contributed by atoms with Crippen LogP contribution in [0.4, 0.5) is 0 Å². The van der Waals surface area contributed by atoms with Gasteiger partial charge in [0.2, 0.25) is 0 Å². The number of hydrogen-bond donors (Lipinski definition) is 0. The van der Waals surface area contributed by atoms with Gasteiger partial charge in [-0.05, 0) is 17.5 Å². The Kier molecular flexibility index (Phi) is 4.55. The van der Waals surface area contributed by atoms with E-state index in [0.717, 1.165) is 5.39 Å². The summed E-state index contributed by atoms with van der Waals surface area (Å²) in [5, 5.41) is 0.875. The lowest BCUT2D eigenvalue weighted by molar-refractivity contribution is -0.502. The molecule has 1 aromatic carbocycles. The third kappa shape index (κ3) is 3.08. The molecule has 0 N–H and O–H groups in total. The van der Waals surface area contributed by atoms with E-state index in [1.807, 2.05) is 0 Å². The number of rotatable bonds is 3. The molecule has 0 saturated carbocycles. The second-order valence-corrected chi connectivity index (χ2v) is 2.77. The number of benzene rings is 1. The molecule has 4 heteroatoms. The first-order valence-electron chi connectivity index (χ1n) is 4.30. The summed E-state index contributed by atoms with van der Waals surface area (Å²) in [5.41, 5.74) is 2.97. The summed E-state index contributed by atoms with van der Waals surface area (Å²) >= 11 is 0. The predicted octanol–water partition coefficient (Wildman–Crippen LogP) is 1.56. The molecule has 2 aliphatic rings. The van der Waals surface area contributed by atoms with E-state index in [1.165, 1.54) is 38.9 Å². The van der Waals surface area contributed by atoms with Crippen molar-refractivity contribution in [3.8, 4) is 0 Å². The lowest BCUT2D eigenvalue weighted by Crippen LogP contribution is -2.18. The Morgan fingerprint density at radius 1 is 1.00 bits per heavy atom. The smallest absolute Gasteiger partial charge is 0.0758 e. The molecule has 0 radical (unpaired) electrons. The molecule has 0 atom stereocenters. The molecule has 4 nitrogen and oxygen atoms in total. The Morgan fingerprint density at radius 3 is 1.50 bits per heavy atom. The van der Waals surface area contributed by atoms with Crippen LogP contribution in [0.2, 0.25) is 0 Å². The summed E-state index contributed by atoms with van der Waals surface area (Å²) < 4.78 is 0. The van der Waals surface area contributed by atoms with Crippen molar-refractivity contribution in [3.63, 3.8) is 0 Å². The van der Waals surface area contributed by atoms with Crippen LogP contribution in [0.3, 0.4) is 0 Å². The molecule has 0 aromatic heterocycles. The molecule has 0 heterocycles. The highest BCUT2D eigenvalue weighted by atomic mass is 17.2. The maximum absolute atomic E-state index is 4.44. The Hall–Kier alpha value is -0.940. The van der Waals surface area contributed by atoms with Crippen LogP contribution in [0.15, 0.2) is 24.3 Å². The monoisotopic (exact) mass is 197 g/mol. The minimum absolute atomic E-state index is 0.875. The van der Waals surface area contributed by atoms with Crippen LogP contribution >= 0.6 is 0 Å². The summed E-state index contributed by atoms with van der Waals surface area (Å²) in [5.74, 6) is 0. The first-order valence-corrected chi connectivity index (χ1v) is 4.30. The van der Waals surface area contributed by atoms with E-state index in [0.29, 0.717) is 0 Å². The second-order valence-electron chi connectivity index (χ2n) is 2.77. The topological polar surface area (TPSA) is 30.9 Å². The lowest BCUT2D eigenvalue weighted by atomic mass is 9.94. The van der Waals surface area contributed by atoms with Gasteiger partial charge in [-0.15, -0.1) is 0 Å². The molecule has 0 unspecified atom stereocenters. The van der Waals surface area contributed by atoms with Crippen LogP contribution in [-0.4, -0.2) is 26.7 Å². The molecule has 1 aromatic rings. The van der Waals surface area contributed by atoms with Crippen molar-refractivity contribution in [1.29, 1.82) is 0 Å². The minimum atomic E-state index is 0.875. The summed E-state index contributed by atoms with van der Waals surface area (Å²) in [6.45, 7) is 0. The zero-order valence-electron chi connectivity index (χ0n) is 8.69. The molecule has 0 spiro atoms. The van der Waals surface area contributed by atoms with Crippen LogP contribution in [-0.2, 0) is 20.9 Å². The van der Waals surface area contributed by atoms with E-state index in [-0.39, 0.29) is 0 Å². The molecular weight excluding hydrogens is 182 g/mol. The molecule has 0 aliphatic heterocycles. The highest BCUT2D eigenvalue weighted by Gasteiger charge is 2.04. The molecule has 0 fully saturated rings. The maximum atomic E-state index is 4.44. The summed E-state index contributed by atoms with van der Waals surface area (Å²) in [6, 6.07) is 8.65. The van der Waals surface area contributed by atoms with E-state index in [9.17, 15) is 0 Å². The van der Waals surface area contributed by atoms with Crippen LogP contribution in [0.1, 0.15) is 11.1 Å². The summed E-state index contributed by atoms with van der Waals surface area (Å²) in [6.07, 6.45) is 1.22. The minimum Gasteiger partial charge on any atom is -0.254 e. The predicted molar refractivity (Wildman–Crippen MR) is 52.1 cm³/mol. The Bertz CT molecular complexity index is 244. The Balaban J connectivity index is 0.000000140. The van der Waals surface area contributed by atoms with Gasteiger partial charge >= 0.3 is 0 Å². The third-order valence-corrected chi connectivity index (χ3v) is 1.85. The third-order valence-electron chi connectivity index (χ3n) is 1.85. The van der Waals surface area contributed by atoms with Gasteiger partial charge in [0.15, 0.2) is 0 Å². The van der Waals surface area contributed by atoms with Crippen molar-refractivity contribution in [3.05, 3.63) is 35.4 Å². The molecule has 0 saturated heterocycles. The van der Waals surface area contributed by atoms with E-state index < -0.39 is 0 Å². The SMILES string of the molecule is CON(OC)OC.c1cc2cc(c1)C2. The fourth-order valence-electron chi connectivity index (χ4n) is 1.18. The summed E-state index contributed by atoms with van der Waals surface area (Å²) in [4.78, 5) is 13.3. The van der Waals surface area contributed by atoms with E-state index in [2.05, 4.69) is 38.8 Å². The fourth-order valence-corrected chi connectivity index (χ4v) is 1.18. The van der Waals surface area contributed by atoms with Crippen molar-refractivity contribution in [1.82, 2.24) is 5.39 Å². The molecule has 14 heavy (non-hydrogen) atoms. The zero-order chi connectivity index (χ0) is 10.4. The summed E-state index contributed by atoms with van der Waals surface area (Å²) in [7, 11) is 4.31. The quantitative estimate of drug-likeness (QED) is 0.699. The second kappa shape index (κ2) is 5.72. The first-order chi connectivity index (χ1) is 6.80. The number of fused-ring (bicyclic) bond motifs is 2. The Morgan fingerprint density at radius 2 is 1.43 bits per heavy atom. The molecule has 2 aliphatic carbocycles. The van der Waals surface area contributed by atoms with Crippen molar-refractivity contribution < 1.29 is 14.5 Å². The van der Waals surface area contributed by atoms with Crippen LogP contribution in [0.5, 0.6) is 0 Å². The van der Waals surface area contributed by atoms with E-state index >= 15 is 0 Å². The van der Waals surface area contributed by atoms with Gasteiger partial charge in [-0.1, -0.05) is 24.3 Å². The van der Waals surface area contributed by atoms with Crippen LogP contribution in [0, 0.1) is 0 Å². The number of nitrogens with zero attached hydrogens (tertiary/aromatic N) is 1. The van der Waals surface area contributed by atoms with Crippen molar-refractivity contribution >= 4 is 0 Å². The highest BCUT2D eigenvalue weighted by molar-refractivity contribution is 5.37. The molecule has 0 amide bonds. The largest absolute Gasteiger partial charge is 0.254 e. The lowest BCUT2D eigenvalue weighted by Gasteiger charge is -2.11. The van der Waals surface area contributed by atoms with Crippen molar-refractivity contribution in [2.45, 2.75) is 6.42 Å². The molecule has 3 rings (SSSR count). The van der Waals surface area contributed by atoms with Gasteiger partial charge in [0.05, 0.1) is 26.7 Å². The van der Waals surface area contributed by atoms with Gasteiger partial charge in [0.1, 0.15) is 0 Å². The van der Waals surface area contributed by atoms with E-state index in [1.54, 1.807) is 0 Å².